The van der Waals surface area contributed by atoms with Crippen LogP contribution in [-0.2, 0) is 30.5 Å². The summed E-state index contributed by atoms with van der Waals surface area (Å²) in [7, 11) is 0. The van der Waals surface area contributed by atoms with Gasteiger partial charge in [0, 0.05) is 89.1 Å². The Morgan fingerprint density at radius 2 is 1.49 bits per heavy atom. The van der Waals surface area contributed by atoms with E-state index >= 15 is 0 Å². The number of piperidine rings is 2. The molecule has 6 amide bonds. The van der Waals surface area contributed by atoms with Crippen LogP contribution in [0, 0.1) is 18.3 Å². The minimum atomic E-state index is -0.865. The van der Waals surface area contributed by atoms with E-state index in [9.17, 15) is 33.9 Å². The molecule has 3 aliphatic heterocycles. The van der Waals surface area contributed by atoms with Gasteiger partial charge in [0.05, 0.1) is 22.2 Å². The van der Waals surface area contributed by atoms with E-state index in [-0.39, 0.29) is 61.4 Å². The van der Waals surface area contributed by atoms with Crippen LogP contribution >= 0.6 is 11.3 Å². The number of likely N-dealkylation sites (tertiary alicyclic amines) is 3. The normalized spacial score (nSPS) is 17.9. The number of pyridine rings is 1. The molecule has 3 aliphatic rings. The third-order valence-electron chi connectivity index (χ3n) is 15.6. The smallest absolute Gasteiger partial charge is 0.253 e. The summed E-state index contributed by atoms with van der Waals surface area (Å²) in [6, 6.07) is 18.1. The number of hydrogen-bond acceptors (Lipinski definition) is 10. The maximum Gasteiger partial charge on any atom is 0.253 e. The van der Waals surface area contributed by atoms with Gasteiger partial charge in [0.15, 0.2) is 0 Å². The Kier molecular flexibility index (Phi) is 21.9. The highest BCUT2D eigenvalue weighted by Crippen LogP contribution is 2.31. The first-order chi connectivity index (χ1) is 37.1. The number of β-amino-alcohol motifs (C(OH)–C–C–N with tert-alkyl or cyclic N) is 1. The molecule has 3 saturated heterocycles. The fraction of sp³-hybridized carbons (Fsp3) is 0.541. The van der Waals surface area contributed by atoms with Crippen molar-refractivity contribution < 1.29 is 33.9 Å². The van der Waals surface area contributed by atoms with Crippen LogP contribution in [0.15, 0.2) is 84.6 Å². The van der Waals surface area contributed by atoms with Crippen molar-refractivity contribution in [2.24, 2.45) is 11.3 Å². The van der Waals surface area contributed by atoms with Crippen molar-refractivity contribution in [1.82, 2.24) is 40.6 Å². The lowest BCUT2D eigenvalue weighted by Crippen LogP contribution is -2.57. The van der Waals surface area contributed by atoms with Crippen LogP contribution in [0.25, 0.3) is 16.5 Å². The molecule has 77 heavy (non-hydrogen) atoms. The van der Waals surface area contributed by atoms with Gasteiger partial charge in [-0.1, -0.05) is 102 Å². The highest BCUT2D eigenvalue weighted by molar-refractivity contribution is 7.13. The number of aliphatic hydroxyl groups excluding tert-OH is 1. The maximum atomic E-state index is 14.1. The molecule has 4 aromatic rings. The van der Waals surface area contributed by atoms with Gasteiger partial charge in [-0.05, 0) is 116 Å². The number of nitrogens with one attached hydrogen (secondary N) is 3. The molecule has 15 nitrogen and oxygen atoms in total. The molecular formula is C61H82N8O7S. The highest BCUT2D eigenvalue weighted by Gasteiger charge is 2.44. The van der Waals surface area contributed by atoms with Crippen LogP contribution < -0.4 is 16.0 Å². The lowest BCUT2D eigenvalue weighted by Gasteiger charge is -2.35. The van der Waals surface area contributed by atoms with Crippen molar-refractivity contribution >= 4 is 52.9 Å². The predicted octanol–water partition coefficient (Wildman–Crippen LogP) is 9.00. The largest absolute Gasteiger partial charge is 0.391 e. The van der Waals surface area contributed by atoms with Crippen molar-refractivity contribution in [3.8, 4) is 10.4 Å². The van der Waals surface area contributed by atoms with Gasteiger partial charge in [-0.25, -0.2) is 4.98 Å². The third kappa shape index (κ3) is 17.6. The molecular weight excluding hydrogens is 989 g/mol. The molecule has 414 valence electrons. The molecule has 0 aliphatic carbocycles. The second kappa shape index (κ2) is 28.9. The van der Waals surface area contributed by atoms with Crippen LogP contribution in [0.4, 0.5) is 0 Å². The molecule has 16 heteroatoms. The maximum absolute atomic E-state index is 14.1. The number of nitrogens with zero attached hydrogens (tertiary/aromatic N) is 5. The van der Waals surface area contributed by atoms with Gasteiger partial charge in [-0.15, -0.1) is 11.3 Å². The Hall–Kier alpha value is -6.26. The van der Waals surface area contributed by atoms with Gasteiger partial charge in [0.2, 0.25) is 29.5 Å². The van der Waals surface area contributed by atoms with Crippen molar-refractivity contribution in [3.05, 3.63) is 113 Å². The lowest BCUT2D eigenvalue weighted by molar-refractivity contribution is -0.144. The first kappa shape index (κ1) is 58.4. The predicted molar refractivity (Wildman–Crippen MR) is 302 cm³/mol. The van der Waals surface area contributed by atoms with Crippen LogP contribution in [-0.4, -0.2) is 123 Å². The molecule has 0 spiro atoms. The van der Waals surface area contributed by atoms with E-state index in [0.29, 0.717) is 31.2 Å². The van der Waals surface area contributed by atoms with Gasteiger partial charge in [0.25, 0.3) is 5.91 Å². The van der Waals surface area contributed by atoms with Gasteiger partial charge < -0.3 is 35.8 Å². The lowest BCUT2D eigenvalue weighted by atomic mass is 9.85. The molecule has 0 saturated carbocycles. The summed E-state index contributed by atoms with van der Waals surface area (Å²) in [4.78, 5) is 94.4. The molecule has 2 aromatic heterocycles. The Morgan fingerprint density at radius 3 is 2.16 bits per heavy atom. The van der Waals surface area contributed by atoms with Gasteiger partial charge in [0.1, 0.15) is 12.1 Å². The van der Waals surface area contributed by atoms with E-state index in [1.165, 1.54) is 10.5 Å². The average Bonchev–Trinajstić information content (AvgIpc) is 4.08. The second-order valence-corrected chi connectivity index (χ2v) is 23.3. The van der Waals surface area contributed by atoms with Gasteiger partial charge >= 0.3 is 0 Å². The van der Waals surface area contributed by atoms with Crippen molar-refractivity contribution in [3.63, 3.8) is 0 Å². The topological polar surface area (TPSA) is 194 Å². The minimum Gasteiger partial charge on any atom is -0.391 e. The number of carbonyl (C=O) groups excluding carboxylic acids is 6. The number of carbonyl (C=O) groups is 6. The number of aryl methyl sites for hydroxylation is 1. The summed E-state index contributed by atoms with van der Waals surface area (Å²) in [5.74, 6) is 0.249. The Bertz CT molecular complexity index is 2580. The summed E-state index contributed by atoms with van der Waals surface area (Å²) in [5, 5.41) is 19.5. The molecule has 0 bridgehead atoms. The fourth-order valence-electron chi connectivity index (χ4n) is 10.9. The fourth-order valence-corrected chi connectivity index (χ4v) is 11.7. The molecule has 3 fully saturated rings. The Labute approximate surface area is 460 Å². The van der Waals surface area contributed by atoms with E-state index in [2.05, 4.69) is 38.1 Å². The number of rotatable bonds is 24. The second-order valence-electron chi connectivity index (χ2n) is 22.5. The highest BCUT2D eigenvalue weighted by atomic mass is 32.1. The van der Waals surface area contributed by atoms with Crippen molar-refractivity contribution in [2.45, 2.75) is 161 Å². The summed E-state index contributed by atoms with van der Waals surface area (Å²) >= 11 is 1.58. The van der Waals surface area contributed by atoms with Crippen LogP contribution in [0.1, 0.15) is 162 Å². The summed E-state index contributed by atoms with van der Waals surface area (Å²) in [6.07, 6.45) is 19.0. The summed E-state index contributed by atoms with van der Waals surface area (Å²) < 4.78 is 0. The van der Waals surface area contributed by atoms with E-state index in [4.69, 9.17) is 0 Å². The van der Waals surface area contributed by atoms with E-state index in [0.717, 1.165) is 136 Å². The van der Waals surface area contributed by atoms with Crippen LogP contribution in [0.3, 0.4) is 0 Å². The minimum absolute atomic E-state index is 0.0244. The number of unbranched alkanes of at least 4 members (excludes halogenated alkanes) is 6. The molecule has 2 aromatic carbocycles. The van der Waals surface area contributed by atoms with Crippen LogP contribution in [0.2, 0.25) is 0 Å². The number of aliphatic hydroxyl groups is 1. The first-order valence-corrected chi connectivity index (χ1v) is 29.1. The van der Waals surface area contributed by atoms with Crippen molar-refractivity contribution in [2.75, 3.05) is 39.3 Å². The summed E-state index contributed by atoms with van der Waals surface area (Å²) in [5.41, 5.74) is 6.99. The average molecular weight is 1070 g/mol. The number of aromatic nitrogens is 2. The first-order valence-electron chi connectivity index (χ1n) is 28.2. The monoisotopic (exact) mass is 1070 g/mol. The number of benzene rings is 2. The third-order valence-corrected chi connectivity index (χ3v) is 16.6. The zero-order valence-electron chi connectivity index (χ0n) is 45.9. The van der Waals surface area contributed by atoms with Gasteiger partial charge in [-0.3, -0.25) is 33.8 Å². The zero-order chi connectivity index (χ0) is 54.7. The Morgan fingerprint density at radius 1 is 0.805 bits per heavy atom. The van der Waals surface area contributed by atoms with E-state index in [1.807, 2.05) is 91.5 Å². The quantitative estimate of drug-likeness (QED) is 0.0391. The standard InChI is InChI=1S/C61H82N8O7S/c1-43-56(77-42-65-43)49-21-18-46(19-22-49)40-64-58(74)52-38-51(70)41-69(52)60(76)57(61(2,3)4)66-54(72)16-9-7-5-6-8-10-17-55(73)67-36-30-48(31-37-67)47-23-25-50(26-24-47)59(75)68-34-28-44(29-35-68)14-11-12-33-63-53(71)27-20-45-15-13-32-62-39-45/h13,15,18-27,32,39,42,44,48,51-52,57,70H,5-12,14,16-17,28-31,33-38,40-41H2,1-4H3,(H,63,71)(H,64,74)(H,66,72)/b27-20+/t51-,52+,57-/m1/s1. The molecule has 5 heterocycles. The molecule has 4 N–H and O–H groups in total. The number of thiazole rings is 1. The van der Waals surface area contributed by atoms with Crippen LogP contribution in [0.5, 0.6) is 0 Å². The number of hydrogen-bond donors (Lipinski definition) is 4. The summed E-state index contributed by atoms with van der Waals surface area (Å²) in [6.45, 7) is 11.6. The molecule has 3 atom stereocenters. The van der Waals surface area contributed by atoms with E-state index in [1.54, 1.807) is 35.9 Å². The molecule has 0 unspecified atom stereocenters. The molecule has 0 radical (unpaired) electrons. The molecule has 7 rings (SSSR count). The van der Waals surface area contributed by atoms with E-state index < -0.39 is 23.6 Å². The number of amides is 6. The zero-order valence-corrected chi connectivity index (χ0v) is 46.7. The SMILES string of the molecule is Cc1ncsc1-c1ccc(CNC(=O)[C@@H]2C[C@@H](O)CN2C(=O)[C@@H](NC(=O)CCCCCCCCC(=O)N2CCC(c3ccc(C(=O)N4CCC(CCCCNC(=O)/C=C/c5cccnc5)CC4)cc3)CC2)C(C)(C)C)cc1. The Balaban J connectivity index is 0.718. The van der Waals surface area contributed by atoms with Gasteiger partial charge in [-0.2, -0.15) is 0 Å². The van der Waals surface area contributed by atoms with Crippen molar-refractivity contribution in [1.29, 1.82) is 0 Å².